The predicted octanol–water partition coefficient (Wildman–Crippen LogP) is 1.82. The fourth-order valence-corrected chi connectivity index (χ4v) is 2.91. The minimum Gasteiger partial charge on any atom is -0.377 e. The van der Waals surface area contributed by atoms with E-state index in [-0.39, 0.29) is 11.9 Å². The third-order valence-electron chi connectivity index (χ3n) is 4.11. The minimum atomic E-state index is -0.103. The Kier molecular flexibility index (Phi) is 5.79. The fraction of sp³-hybridized carbons (Fsp3) is 0.389. The van der Waals surface area contributed by atoms with E-state index in [0.29, 0.717) is 32.8 Å². The van der Waals surface area contributed by atoms with Crippen molar-refractivity contribution in [2.75, 3.05) is 19.8 Å². The van der Waals surface area contributed by atoms with Crippen LogP contribution in [0.1, 0.15) is 11.4 Å². The highest BCUT2D eigenvalue weighted by Gasteiger charge is 2.25. The summed E-state index contributed by atoms with van der Waals surface area (Å²) in [5.41, 5.74) is 0.970. The minimum absolute atomic E-state index is 0.103. The maximum atomic E-state index is 12.6. The molecule has 132 valence electrons. The van der Waals surface area contributed by atoms with Crippen molar-refractivity contribution in [1.29, 1.82) is 0 Å². The molecule has 2 amide bonds. The van der Waals surface area contributed by atoms with Crippen molar-refractivity contribution in [3.63, 3.8) is 0 Å². The molecular weight excluding hydrogens is 318 g/mol. The molecule has 0 bridgehead atoms. The summed E-state index contributed by atoms with van der Waals surface area (Å²) in [6.45, 7) is 7.12. The van der Waals surface area contributed by atoms with Gasteiger partial charge in [0.2, 0.25) is 0 Å². The summed E-state index contributed by atoms with van der Waals surface area (Å²) in [6.07, 6.45) is 8.92. The fourth-order valence-electron chi connectivity index (χ4n) is 2.91. The van der Waals surface area contributed by atoms with Crippen molar-refractivity contribution in [1.82, 2.24) is 24.8 Å². The van der Waals surface area contributed by atoms with E-state index < -0.39 is 0 Å². The number of rotatable bonds is 6. The summed E-state index contributed by atoms with van der Waals surface area (Å²) in [4.78, 5) is 22.9. The molecule has 3 heterocycles. The van der Waals surface area contributed by atoms with Gasteiger partial charge in [-0.15, -0.1) is 6.58 Å². The van der Waals surface area contributed by atoms with E-state index in [0.717, 1.165) is 17.9 Å². The lowest BCUT2D eigenvalue weighted by atomic mass is 10.1. The van der Waals surface area contributed by atoms with Gasteiger partial charge in [-0.05, 0) is 11.6 Å². The second-order valence-electron chi connectivity index (χ2n) is 6.09. The van der Waals surface area contributed by atoms with E-state index in [1.807, 2.05) is 18.3 Å². The Morgan fingerprint density at radius 2 is 2.36 bits per heavy atom. The van der Waals surface area contributed by atoms with Crippen LogP contribution in [0.4, 0.5) is 4.79 Å². The molecule has 1 N–H and O–H groups in total. The predicted molar refractivity (Wildman–Crippen MR) is 93.6 cm³/mol. The maximum Gasteiger partial charge on any atom is 0.318 e. The van der Waals surface area contributed by atoms with E-state index in [1.165, 1.54) is 0 Å². The molecule has 0 aromatic carbocycles. The van der Waals surface area contributed by atoms with Crippen LogP contribution in [0.25, 0.3) is 0 Å². The molecule has 1 atom stereocenters. The molecule has 7 nitrogen and oxygen atoms in total. The molecular formula is C18H23N5O2. The van der Waals surface area contributed by atoms with Crippen LogP contribution in [0.2, 0.25) is 0 Å². The van der Waals surface area contributed by atoms with Gasteiger partial charge in [0.15, 0.2) is 0 Å². The molecule has 25 heavy (non-hydrogen) atoms. The number of nitrogens with zero attached hydrogens (tertiary/aromatic N) is 4. The Hall–Kier alpha value is -2.67. The Labute approximate surface area is 147 Å². The normalized spacial score (nSPS) is 16.8. The molecule has 0 saturated heterocycles. The third-order valence-corrected chi connectivity index (χ3v) is 4.11. The van der Waals surface area contributed by atoms with Gasteiger partial charge in [0.1, 0.15) is 5.82 Å². The van der Waals surface area contributed by atoms with Crippen LogP contribution in [0, 0.1) is 5.92 Å². The van der Waals surface area contributed by atoms with E-state index in [4.69, 9.17) is 4.74 Å². The number of imidazole rings is 1. The van der Waals surface area contributed by atoms with Crippen LogP contribution >= 0.6 is 0 Å². The van der Waals surface area contributed by atoms with Crippen LogP contribution in [0.3, 0.4) is 0 Å². The van der Waals surface area contributed by atoms with Gasteiger partial charge in [-0.25, -0.2) is 9.78 Å². The second-order valence-corrected chi connectivity index (χ2v) is 6.09. The van der Waals surface area contributed by atoms with Gasteiger partial charge in [0.05, 0.1) is 19.8 Å². The van der Waals surface area contributed by atoms with Gasteiger partial charge < -0.3 is 19.5 Å². The van der Waals surface area contributed by atoms with Gasteiger partial charge in [0.25, 0.3) is 0 Å². The number of carbonyl (C=O) groups excluding carboxylic acids is 1. The van der Waals surface area contributed by atoms with Crippen molar-refractivity contribution in [3.8, 4) is 0 Å². The summed E-state index contributed by atoms with van der Waals surface area (Å²) in [7, 11) is 0. The van der Waals surface area contributed by atoms with Crippen molar-refractivity contribution >= 4 is 6.03 Å². The number of hydrogen-bond acceptors (Lipinski definition) is 4. The van der Waals surface area contributed by atoms with Crippen molar-refractivity contribution in [2.45, 2.75) is 19.6 Å². The highest BCUT2D eigenvalue weighted by molar-refractivity contribution is 5.74. The number of urea groups is 1. The van der Waals surface area contributed by atoms with E-state index in [2.05, 4.69) is 26.4 Å². The molecule has 0 saturated carbocycles. The van der Waals surface area contributed by atoms with Crippen molar-refractivity contribution in [2.24, 2.45) is 5.92 Å². The number of aromatic nitrogens is 3. The SMILES string of the molecule is C=CCOC[C@@H]1CN(C(=O)NCc2cccnc2)Cc2nccn2C1. The first-order valence-electron chi connectivity index (χ1n) is 8.36. The zero-order chi connectivity index (χ0) is 17.5. The summed E-state index contributed by atoms with van der Waals surface area (Å²) < 4.78 is 7.70. The Morgan fingerprint density at radius 3 is 3.16 bits per heavy atom. The number of hydrogen-bond donors (Lipinski definition) is 1. The lowest BCUT2D eigenvalue weighted by Gasteiger charge is -2.24. The summed E-state index contributed by atoms with van der Waals surface area (Å²) in [5, 5.41) is 2.96. The number of amides is 2. The van der Waals surface area contributed by atoms with Gasteiger partial charge in [-0.3, -0.25) is 4.98 Å². The molecule has 7 heteroatoms. The molecule has 0 fully saturated rings. The van der Waals surface area contributed by atoms with Crippen LogP contribution < -0.4 is 5.32 Å². The Bertz CT molecular complexity index is 701. The topological polar surface area (TPSA) is 72.3 Å². The van der Waals surface area contributed by atoms with Crippen LogP contribution in [-0.2, 0) is 24.4 Å². The van der Waals surface area contributed by atoms with Gasteiger partial charge >= 0.3 is 6.03 Å². The van der Waals surface area contributed by atoms with Gasteiger partial charge in [-0.1, -0.05) is 12.1 Å². The average Bonchev–Trinajstić information content (AvgIpc) is 2.99. The third kappa shape index (κ3) is 4.67. The molecule has 2 aromatic heterocycles. The summed E-state index contributed by atoms with van der Waals surface area (Å²) in [5.74, 6) is 1.10. The number of nitrogens with one attached hydrogen (secondary N) is 1. The summed E-state index contributed by atoms with van der Waals surface area (Å²) >= 11 is 0. The summed E-state index contributed by atoms with van der Waals surface area (Å²) in [6, 6.07) is 3.69. The van der Waals surface area contributed by atoms with E-state index in [1.54, 1.807) is 29.6 Å². The maximum absolute atomic E-state index is 12.6. The van der Waals surface area contributed by atoms with Crippen molar-refractivity contribution < 1.29 is 9.53 Å². The number of pyridine rings is 1. The van der Waals surface area contributed by atoms with E-state index in [9.17, 15) is 4.79 Å². The lowest BCUT2D eigenvalue weighted by Crippen LogP contribution is -2.41. The monoisotopic (exact) mass is 341 g/mol. The molecule has 2 aromatic rings. The Balaban J connectivity index is 1.64. The van der Waals surface area contributed by atoms with E-state index >= 15 is 0 Å². The van der Waals surface area contributed by atoms with Crippen LogP contribution in [0.5, 0.6) is 0 Å². The number of ether oxygens (including phenoxy) is 1. The molecule has 0 spiro atoms. The molecule has 0 unspecified atom stereocenters. The molecule has 0 radical (unpaired) electrons. The quantitative estimate of drug-likeness (QED) is 0.643. The first kappa shape index (κ1) is 17.2. The van der Waals surface area contributed by atoms with Gasteiger partial charge in [-0.2, -0.15) is 0 Å². The molecule has 1 aliphatic heterocycles. The lowest BCUT2D eigenvalue weighted by molar-refractivity contribution is 0.101. The molecule has 1 aliphatic rings. The Morgan fingerprint density at radius 1 is 1.44 bits per heavy atom. The first-order chi connectivity index (χ1) is 12.3. The average molecular weight is 341 g/mol. The smallest absolute Gasteiger partial charge is 0.318 e. The van der Waals surface area contributed by atoms with Crippen LogP contribution in [0.15, 0.2) is 49.6 Å². The zero-order valence-corrected chi connectivity index (χ0v) is 14.2. The number of carbonyl (C=O) groups is 1. The van der Waals surface area contributed by atoms with Crippen molar-refractivity contribution in [3.05, 3.63) is 61.0 Å². The second kappa shape index (κ2) is 8.43. The largest absolute Gasteiger partial charge is 0.377 e. The first-order valence-corrected chi connectivity index (χ1v) is 8.36. The standard InChI is InChI=1S/C18H23N5O2/c1-2-8-25-14-16-11-22-7-6-20-17(22)13-23(12-16)18(24)21-10-15-4-3-5-19-9-15/h2-7,9,16H,1,8,10-14H2,(H,21,24)/t16-/m0/s1. The zero-order valence-electron chi connectivity index (χ0n) is 14.2. The molecule has 3 rings (SSSR count). The van der Waals surface area contributed by atoms with Crippen LogP contribution in [-0.4, -0.2) is 45.2 Å². The number of fused-ring (bicyclic) bond motifs is 1. The molecule has 0 aliphatic carbocycles. The highest BCUT2D eigenvalue weighted by atomic mass is 16.5. The van der Waals surface area contributed by atoms with Gasteiger partial charge in [0, 0.05) is 50.3 Å². The highest BCUT2D eigenvalue weighted by Crippen LogP contribution is 2.16.